The van der Waals surface area contributed by atoms with E-state index in [2.05, 4.69) is 21.2 Å². The summed E-state index contributed by atoms with van der Waals surface area (Å²) in [4.78, 5) is 20.0. The van der Waals surface area contributed by atoms with E-state index in [-0.39, 0.29) is 5.91 Å². The molecule has 0 bridgehead atoms. The molecule has 0 aromatic carbocycles. The first-order valence-electron chi connectivity index (χ1n) is 7.90. The first kappa shape index (κ1) is 14.4. The number of amides is 1. The van der Waals surface area contributed by atoms with Crippen LogP contribution in [0.4, 0.5) is 0 Å². The number of carbonyl (C=O) groups is 1. The summed E-state index contributed by atoms with van der Waals surface area (Å²) in [5.74, 6) is 0.496. The highest BCUT2D eigenvalue weighted by Gasteiger charge is 2.26. The lowest BCUT2D eigenvalue weighted by molar-refractivity contribution is -0.131. The van der Waals surface area contributed by atoms with Crippen LogP contribution in [-0.2, 0) is 11.2 Å². The van der Waals surface area contributed by atoms with Crippen molar-refractivity contribution in [3.05, 3.63) is 40.9 Å². The summed E-state index contributed by atoms with van der Waals surface area (Å²) < 4.78 is 1.97. The van der Waals surface area contributed by atoms with Crippen LogP contribution in [0, 0.1) is 6.92 Å². The minimum Gasteiger partial charge on any atom is -0.342 e. The van der Waals surface area contributed by atoms with Crippen molar-refractivity contribution in [2.45, 2.75) is 32.1 Å². The molecule has 3 aromatic heterocycles. The number of imidazole rings is 1. The number of aromatic nitrogens is 4. The molecule has 23 heavy (non-hydrogen) atoms. The van der Waals surface area contributed by atoms with Crippen LogP contribution in [0.15, 0.2) is 23.8 Å². The number of hydrogen-bond acceptors (Lipinski definition) is 4. The van der Waals surface area contributed by atoms with Gasteiger partial charge in [-0.15, -0.1) is 11.3 Å². The largest absolute Gasteiger partial charge is 0.342 e. The lowest BCUT2D eigenvalue weighted by Gasteiger charge is -2.32. The highest BCUT2D eigenvalue weighted by Crippen LogP contribution is 2.26. The van der Waals surface area contributed by atoms with Crippen LogP contribution in [0.3, 0.4) is 0 Å². The van der Waals surface area contributed by atoms with E-state index in [4.69, 9.17) is 0 Å². The van der Waals surface area contributed by atoms with Gasteiger partial charge in [-0.1, -0.05) is 0 Å². The van der Waals surface area contributed by atoms with Gasteiger partial charge in [0.1, 0.15) is 0 Å². The van der Waals surface area contributed by atoms with E-state index >= 15 is 0 Å². The van der Waals surface area contributed by atoms with Gasteiger partial charge in [0.15, 0.2) is 4.96 Å². The summed E-state index contributed by atoms with van der Waals surface area (Å²) in [6.07, 6.45) is 6.41. The van der Waals surface area contributed by atoms with E-state index in [9.17, 15) is 4.79 Å². The molecular formula is C16H19N5OS. The number of nitrogens with one attached hydrogen (secondary N) is 1. The molecule has 7 heteroatoms. The average molecular weight is 329 g/mol. The molecule has 0 aliphatic carbocycles. The van der Waals surface area contributed by atoms with Crippen molar-refractivity contribution >= 4 is 22.2 Å². The van der Waals surface area contributed by atoms with E-state index in [1.54, 1.807) is 11.3 Å². The van der Waals surface area contributed by atoms with E-state index in [0.29, 0.717) is 12.3 Å². The van der Waals surface area contributed by atoms with Crippen molar-refractivity contribution in [2.24, 2.45) is 0 Å². The van der Waals surface area contributed by atoms with Crippen molar-refractivity contribution in [2.75, 3.05) is 13.1 Å². The number of H-pyrrole nitrogens is 1. The molecule has 4 rings (SSSR count). The number of aryl methyl sites for hydroxylation is 1. The van der Waals surface area contributed by atoms with Crippen LogP contribution in [0.5, 0.6) is 0 Å². The van der Waals surface area contributed by atoms with Crippen LogP contribution >= 0.6 is 11.3 Å². The van der Waals surface area contributed by atoms with Crippen LogP contribution in [-0.4, -0.2) is 43.5 Å². The second-order valence-electron chi connectivity index (χ2n) is 6.16. The first-order valence-corrected chi connectivity index (χ1v) is 8.78. The molecule has 0 saturated carbocycles. The standard InChI is InChI=1S/C16H19N5OS/c1-11-7-14(19-18-11)12-3-2-4-20(9-12)15(22)8-13-10-21-5-6-23-16(21)17-13/h5-7,10,12H,2-4,8-9H2,1H3,(H,18,19)/t12-/m1/s1. The second kappa shape index (κ2) is 5.81. The van der Waals surface area contributed by atoms with Crippen molar-refractivity contribution in [3.63, 3.8) is 0 Å². The third-order valence-corrected chi connectivity index (χ3v) is 5.16. The molecule has 1 aliphatic rings. The van der Waals surface area contributed by atoms with Crippen molar-refractivity contribution in [1.29, 1.82) is 0 Å². The maximum atomic E-state index is 12.6. The highest BCUT2D eigenvalue weighted by atomic mass is 32.1. The molecule has 1 amide bonds. The van der Waals surface area contributed by atoms with Gasteiger partial charge in [-0.3, -0.25) is 14.3 Å². The fourth-order valence-corrected chi connectivity index (χ4v) is 3.94. The molecule has 1 atom stereocenters. The van der Waals surface area contributed by atoms with Gasteiger partial charge in [0, 0.05) is 42.5 Å². The SMILES string of the molecule is Cc1cc([C@@H]2CCCN(C(=O)Cc3cn4ccsc4n3)C2)n[nH]1. The summed E-state index contributed by atoms with van der Waals surface area (Å²) in [6.45, 7) is 3.60. The number of fused-ring (bicyclic) bond motifs is 1. The Morgan fingerprint density at radius 1 is 1.52 bits per heavy atom. The third kappa shape index (κ3) is 2.88. The minimum atomic E-state index is 0.160. The summed E-state index contributed by atoms with van der Waals surface area (Å²) in [7, 11) is 0. The zero-order valence-corrected chi connectivity index (χ0v) is 13.8. The maximum absolute atomic E-state index is 12.6. The molecule has 0 radical (unpaired) electrons. The van der Waals surface area contributed by atoms with E-state index in [1.807, 2.05) is 34.0 Å². The van der Waals surface area contributed by atoms with Crippen LogP contribution < -0.4 is 0 Å². The molecule has 1 aliphatic heterocycles. The number of aromatic amines is 1. The highest BCUT2D eigenvalue weighted by molar-refractivity contribution is 7.15. The average Bonchev–Trinajstić information content (AvgIpc) is 3.23. The fraction of sp³-hybridized carbons (Fsp3) is 0.438. The molecule has 1 N–H and O–H groups in total. The predicted octanol–water partition coefficient (Wildman–Crippen LogP) is 2.38. The number of rotatable bonds is 3. The van der Waals surface area contributed by atoms with Gasteiger partial charge >= 0.3 is 0 Å². The smallest absolute Gasteiger partial charge is 0.228 e. The number of piperidine rings is 1. The maximum Gasteiger partial charge on any atom is 0.228 e. The van der Waals surface area contributed by atoms with Crippen molar-refractivity contribution in [1.82, 2.24) is 24.5 Å². The normalized spacial score (nSPS) is 18.7. The Bertz CT molecular complexity index is 804. The Kier molecular flexibility index (Phi) is 3.65. The Morgan fingerprint density at radius 3 is 3.22 bits per heavy atom. The third-order valence-electron chi connectivity index (χ3n) is 4.39. The second-order valence-corrected chi connectivity index (χ2v) is 7.03. The number of carbonyl (C=O) groups excluding carboxylic acids is 1. The zero-order valence-electron chi connectivity index (χ0n) is 13.0. The zero-order chi connectivity index (χ0) is 15.8. The summed E-state index contributed by atoms with van der Waals surface area (Å²) in [6, 6.07) is 2.09. The minimum absolute atomic E-state index is 0.160. The Morgan fingerprint density at radius 2 is 2.43 bits per heavy atom. The molecule has 1 fully saturated rings. The Balaban J connectivity index is 1.44. The van der Waals surface area contributed by atoms with Crippen molar-refractivity contribution in [3.8, 4) is 0 Å². The van der Waals surface area contributed by atoms with E-state index in [0.717, 1.165) is 48.0 Å². The number of nitrogens with zero attached hydrogens (tertiary/aromatic N) is 4. The van der Waals surface area contributed by atoms with Gasteiger partial charge in [0.25, 0.3) is 0 Å². The number of hydrogen-bond donors (Lipinski definition) is 1. The monoisotopic (exact) mass is 329 g/mol. The van der Waals surface area contributed by atoms with Gasteiger partial charge < -0.3 is 4.90 Å². The van der Waals surface area contributed by atoms with E-state index < -0.39 is 0 Å². The molecule has 1 saturated heterocycles. The Labute approximate surface area is 138 Å². The van der Waals surface area contributed by atoms with Crippen LogP contribution in [0.1, 0.15) is 35.8 Å². The summed E-state index contributed by atoms with van der Waals surface area (Å²) in [5, 5.41) is 9.35. The van der Waals surface area contributed by atoms with Gasteiger partial charge in [-0.25, -0.2) is 4.98 Å². The van der Waals surface area contributed by atoms with Gasteiger partial charge in [0.2, 0.25) is 5.91 Å². The number of likely N-dealkylation sites (tertiary alicyclic amines) is 1. The summed E-state index contributed by atoms with van der Waals surface area (Å²) >= 11 is 1.59. The van der Waals surface area contributed by atoms with Gasteiger partial charge in [0.05, 0.1) is 17.8 Å². The molecular weight excluding hydrogens is 310 g/mol. The predicted molar refractivity (Wildman–Crippen MR) is 88.7 cm³/mol. The fourth-order valence-electron chi connectivity index (χ4n) is 3.22. The quantitative estimate of drug-likeness (QED) is 0.802. The van der Waals surface area contributed by atoms with Gasteiger partial charge in [-0.2, -0.15) is 5.10 Å². The van der Waals surface area contributed by atoms with Crippen LogP contribution in [0.2, 0.25) is 0 Å². The molecule has 0 unspecified atom stereocenters. The van der Waals surface area contributed by atoms with Crippen molar-refractivity contribution < 1.29 is 4.79 Å². The summed E-state index contributed by atoms with van der Waals surface area (Å²) in [5.41, 5.74) is 2.99. The lowest BCUT2D eigenvalue weighted by atomic mass is 9.94. The lowest BCUT2D eigenvalue weighted by Crippen LogP contribution is -2.40. The molecule has 0 spiro atoms. The van der Waals surface area contributed by atoms with E-state index in [1.165, 1.54) is 0 Å². The Hall–Kier alpha value is -2.15. The molecule has 120 valence electrons. The van der Waals surface area contributed by atoms with Gasteiger partial charge in [-0.05, 0) is 25.8 Å². The number of thiazole rings is 1. The van der Waals surface area contributed by atoms with Crippen LogP contribution in [0.25, 0.3) is 4.96 Å². The molecule has 3 aromatic rings. The molecule has 6 nitrogen and oxygen atoms in total. The topological polar surface area (TPSA) is 66.3 Å². The molecule has 4 heterocycles. The first-order chi connectivity index (χ1) is 11.2.